The first-order valence-corrected chi connectivity index (χ1v) is 9.65. The Kier molecular flexibility index (Phi) is 5.73. The predicted molar refractivity (Wildman–Crippen MR) is 97.9 cm³/mol. The minimum Gasteiger partial charge on any atom is -0.392 e. The SMILES string of the molecule is CCn1nc(C)c(Br)c1CN1CCC(SC)(C(N)=S)CC1. The van der Waals surface area contributed by atoms with Gasteiger partial charge in [-0.3, -0.25) is 9.58 Å². The van der Waals surface area contributed by atoms with Crippen molar-refractivity contribution < 1.29 is 0 Å². The first kappa shape index (κ1) is 17.2. The molecule has 0 bridgehead atoms. The van der Waals surface area contributed by atoms with Crippen LogP contribution in [0, 0.1) is 6.92 Å². The fraction of sp³-hybridized carbons (Fsp3) is 0.714. The Balaban J connectivity index is 2.06. The molecule has 7 heteroatoms. The van der Waals surface area contributed by atoms with E-state index in [1.54, 1.807) is 11.8 Å². The van der Waals surface area contributed by atoms with Crippen LogP contribution in [0.5, 0.6) is 0 Å². The van der Waals surface area contributed by atoms with Gasteiger partial charge in [-0.2, -0.15) is 16.9 Å². The van der Waals surface area contributed by atoms with Gasteiger partial charge >= 0.3 is 0 Å². The van der Waals surface area contributed by atoms with Gasteiger partial charge in [-0.25, -0.2) is 0 Å². The highest BCUT2D eigenvalue weighted by Crippen LogP contribution is 2.35. The van der Waals surface area contributed by atoms with Crippen LogP contribution in [0.1, 0.15) is 31.2 Å². The van der Waals surface area contributed by atoms with Crippen molar-refractivity contribution in [2.75, 3.05) is 19.3 Å². The molecule has 0 aromatic carbocycles. The third-order valence-corrected chi connectivity index (χ3v) is 7.29. The van der Waals surface area contributed by atoms with Crippen molar-refractivity contribution in [1.29, 1.82) is 0 Å². The quantitative estimate of drug-likeness (QED) is 0.782. The zero-order chi connectivity index (χ0) is 15.6. The van der Waals surface area contributed by atoms with Gasteiger partial charge in [0.25, 0.3) is 0 Å². The molecule has 118 valence electrons. The molecular weight excluding hydrogens is 368 g/mol. The molecule has 0 amide bonds. The average Bonchev–Trinajstić information content (AvgIpc) is 2.75. The van der Waals surface area contributed by atoms with Crippen LogP contribution in [0.4, 0.5) is 0 Å². The molecule has 2 heterocycles. The van der Waals surface area contributed by atoms with Crippen molar-refractivity contribution in [1.82, 2.24) is 14.7 Å². The molecule has 0 atom stereocenters. The number of halogens is 1. The molecular formula is C14H23BrN4S2. The Bertz CT molecular complexity index is 521. The molecule has 1 aromatic rings. The smallest absolute Gasteiger partial charge is 0.0891 e. The highest BCUT2D eigenvalue weighted by molar-refractivity contribution is 9.10. The van der Waals surface area contributed by atoms with Crippen molar-refractivity contribution in [3.63, 3.8) is 0 Å². The van der Waals surface area contributed by atoms with Crippen molar-refractivity contribution in [2.24, 2.45) is 5.73 Å². The number of aryl methyl sites for hydroxylation is 2. The standard InChI is InChI=1S/C14H23BrN4S2/c1-4-19-11(12(15)10(2)17-19)9-18-7-5-14(21-3,6-8-18)13(16)20/h4-9H2,1-3H3,(H2,16,20). The van der Waals surface area contributed by atoms with Gasteiger partial charge < -0.3 is 5.73 Å². The molecule has 1 saturated heterocycles. The number of rotatable bonds is 5. The van der Waals surface area contributed by atoms with E-state index in [4.69, 9.17) is 18.0 Å². The Morgan fingerprint density at radius 1 is 1.48 bits per heavy atom. The normalized spacial score (nSPS) is 18.9. The monoisotopic (exact) mass is 390 g/mol. The molecule has 21 heavy (non-hydrogen) atoms. The lowest BCUT2D eigenvalue weighted by Gasteiger charge is -2.40. The molecule has 0 aliphatic carbocycles. The van der Waals surface area contributed by atoms with E-state index in [0.717, 1.165) is 49.2 Å². The van der Waals surface area contributed by atoms with Crippen LogP contribution < -0.4 is 5.73 Å². The van der Waals surface area contributed by atoms with Gasteiger partial charge in [0.05, 0.1) is 25.6 Å². The lowest BCUT2D eigenvalue weighted by atomic mass is 9.95. The lowest BCUT2D eigenvalue weighted by molar-refractivity contribution is 0.206. The van der Waals surface area contributed by atoms with E-state index in [0.29, 0.717) is 4.99 Å². The Labute approximate surface area is 144 Å². The number of aromatic nitrogens is 2. The van der Waals surface area contributed by atoms with Crippen molar-refractivity contribution in [3.8, 4) is 0 Å². The molecule has 1 fully saturated rings. The summed E-state index contributed by atoms with van der Waals surface area (Å²) in [5.41, 5.74) is 8.28. The summed E-state index contributed by atoms with van der Waals surface area (Å²) in [5, 5.41) is 4.57. The number of nitrogens with zero attached hydrogens (tertiary/aromatic N) is 3. The Morgan fingerprint density at radius 3 is 2.57 bits per heavy atom. The van der Waals surface area contributed by atoms with E-state index in [1.807, 2.05) is 6.92 Å². The summed E-state index contributed by atoms with van der Waals surface area (Å²) in [4.78, 5) is 3.13. The van der Waals surface area contributed by atoms with E-state index < -0.39 is 0 Å². The van der Waals surface area contributed by atoms with Gasteiger partial charge in [0.1, 0.15) is 0 Å². The lowest BCUT2D eigenvalue weighted by Crippen LogP contribution is -2.49. The molecule has 0 spiro atoms. The second kappa shape index (κ2) is 6.98. The van der Waals surface area contributed by atoms with E-state index in [9.17, 15) is 0 Å². The summed E-state index contributed by atoms with van der Waals surface area (Å²) in [6.07, 6.45) is 4.17. The topological polar surface area (TPSA) is 47.1 Å². The summed E-state index contributed by atoms with van der Waals surface area (Å²) in [5.74, 6) is 0. The Hall–Kier alpha value is -0.110. The Morgan fingerprint density at radius 2 is 2.10 bits per heavy atom. The summed E-state index contributed by atoms with van der Waals surface area (Å²) in [6.45, 7) is 8.05. The maximum absolute atomic E-state index is 5.95. The number of thiocarbonyl (C=S) groups is 1. The fourth-order valence-corrected chi connectivity index (χ4v) is 4.51. The highest BCUT2D eigenvalue weighted by atomic mass is 79.9. The zero-order valence-electron chi connectivity index (χ0n) is 12.9. The molecule has 0 radical (unpaired) electrons. The van der Waals surface area contributed by atoms with Gasteiger partial charge in [0, 0.05) is 26.2 Å². The second-order valence-electron chi connectivity index (χ2n) is 5.50. The van der Waals surface area contributed by atoms with E-state index in [2.05, 4.69) is 43.8 Å². The highest BCUT2D eigenvalue weighted by Gasteiger charge is 2.36. The van der Waals surface area contributed by atoms with E-state index in [-0.39, 0.29) is 4.75 Å². The van der Waals surface area contributed by atoms with Crippen LogP contribution >= 0.6 is 39.9 Å². The minimum atomic E-state index is -0.00994. The van der Waals surface area contributed by atoms with Gasteiger partial charge in [-0.05, 0) is 48.9 Å². The molecule has 2 N–H and O–H groups in total. The molecule has 0 saturated carbocycles. The van der Waals surface area contributed by atoms with Crippen molar-refractivity contribution in [2.45, 2.75) is 44.5 Å². The average molecular weight is 391 g/mol. The van der Waals surface area contributed by atoms with Crippen LogP contribution in [-0.4, -0.2) is 43.8 Å². The molecule has 0 unspecified atom stereocenters. The van der Waals surface area contributed by atoms with Crippen molar-refractivity contribution >= 4 is 44.9 Å². The summed E-state index contributed by atoms with van der Waals surface area (Å²) < 4.78 is 3.22. The summed E-state index contributed by atoms with van der Waals surface area (Å²) in [6, 6.07) is 0. The number of likely N-dealkylation sites (tertiary alicyclic amines) is 1. The number of hydrogen-bond acceptors (Lipinski definition) is 4. The number of thioether (sulfide) groups is 1. The number of hydrogen-bond donors (Lipinski definition) is 1. The maximum Gasteiger partial charge on any atom is 0.0891 e. The van der Waals surface area contributed by atoms with Gasteiger partial charge in [-0.1, -0.05) is 12.2 Å². The minimum absolute atomic E-state index is 0.00994. The maximum atomic E-state index is 5.95. The van der Waals surface area contributed by atoms with E-state index >= 15 is 0 Å². The largest absolute Gasteiger partial charge is 0.392 e. The van der Waals surface area contributed by atoms with E-state index in [1.165, 1.54) is 5.69 Å². The number of piperidine rings is 1. The molecule has 1 aromatic heterocycles. The molecule has 1 aliphatic rings. The zero-order valence-corrected chi connectivity index (χ0v) is 16.1. The molecule has 1 aliphatic heterocycles. The van der Waals surface area contributed by atoms with Crippen LogP contribution in [0.3, 0.4) is 0 Å². The van der Waals surface area contributed by atoms with Crippen molar-refractivity contribution in [3.05, 3.63) is 15.9 Å². The second-order valence-corrected chi connectivity index (χ2v) is 7.92. The molecule has 2 rings (SSSR count). The first-order valence-electron chi connectivity index (χ1n) is 7.22. The summed E-state index contributed by atoms with van der Waals surface area (Å²) in [7, 11) is 0. The van der Waals surface area contributed by atoms with Gasteiger partial charge in [0.2, 0.25) is 0 Å². The van der Waals surface area contributed by atoms with Crippen LogP contribution in [0.15, 0.2) is 4.47 Å². The van der Waals surface area contributed by atoms with Crippen LogP contribution in [0.25, 0.3) is 0 Å². The first-order chi connectivity index (χ1) is 9.93. The van der Waals surface area contributed by atoms with Crippen LogP contribution in [-0.2, 0) is 13.1 Å². The van der Waals surface area contributed by atoms with Gasteiger partial charge in [0.15, 0.2) is 0 Å². The molecule has 4 nitrogen and oxygen atoms in total. The van der Waals surface area contributed by atoms with Gasteiger partial charge in [-0.15, -0.1) is 0 Å². The van der Waals surface area contributed by atoms with Crippen LogP contribution in [0.2, 0.25) is 0 Å². The third kappa shape index (κ3) is 3.46. The predicted octanol–water partition coefficient (Wildman–Crippen LogP) is 2.96. The summed E-state index contributed by atoms with van der Waals surface area (Å²) >= 11 is 10.8. The number of nitrogens with two attached hydrogens (primary N) is 1. The fourth-order valence-electron chi connectivity index (χ4n) is 2.86. The third-order valence-electron chi connectivity index (χ3n) is 4.33.